The molecule has 104 valence electrons. The van der Waals surface area contributed by atoms with Gasteiger partial charge in [-0.25, -0.2) is 0 Å². The Kier molecular flexibility index (Phi) is 8.62. The fraction of sp³-hybridized carbons (Fsp3) is 0.812. The molecular formula is C16H28O2. The van der Waals surface area contributed by atoms with Gasteiger partial charge in [-0.3, -0.25) is 4.79 Å². The molecule has 1 atom stereocenters. The van der Waals surface area contributed by atoms with Crippen LogP contribution in [0, 0.1) is 5.92 Å². The molecule has 0 saturated carbocycles. The highest BCUT2D eigenvalue weighted by Crippen LogP contribution is 2.13. The summed E-state index contributed by atoms with van der Waals surface area (Å²) < 4.78 is 5.25. The van der Waals surface area contributed by atoms with Crippen molar-refractivity contribution in [2.45, 2.75) is 71.1 Å². The summed E-state index contributed by atoms with van der Waals surface area (Å²) in [7, 11) is 0. The molecule has 0 amide bonds. The van der Waals surface area contributed by atoms with Crippen LogP contribution in [0.15, 0.2) is 12.2 Å². The van der Waals surface area contributed by atoms with Crippen molar-refractivity contribution < 1.29 is 9.53 Å². The zero-order valence-electron chi connectivity index (χ0n) is 11.8. The summed E-state index contributed by atoms with van der Waals surface area (Å²) in [5.74, 6) is 0.379. The normalized spacial score (nSPS) is 27.4. The second-order valence-corrected chi connectivity index (χ2v) is 5.50. The largest absolute Gasteiger partial charge is 0.466 e. The summed E-state index contributed by atoms with van der Waals surface area (Å²) >= 11 is 0. The van der Waals surface area contributed by atoms with Crippen LogP contribution in [0.2, 0.25) is 0 Å². The Morgan fingerprint density at radius 3 is 2.44 bits per heavy atom. The SMILES string of the molecule is CC1C/C=C\CCCCCCCCCOC(=O)C1. The van der Waals surface area contributed by atoms with E-state index < -0.39 is 0 Å². The lowest BCUT2D eigenvalue weighted by molar-refractivity contribution is -0.144. The zero-order chi connectivity index (χ0) is 13.1. The molecule has 18 heavy (non-hydrogen) atoms. The van der Waals surface area contributed by atoms with E-state index in [1.807, 2.05) is 0 Å². The van der Waals surface area contributed by atoms with E-state index in [1.54, 1.807) is 0 Å². The van der Waals surface area contributed by atoms with Gasteiger partial charge < -0.3 is 4.74 Å². The number of hydrogen-bond acceptors (Lipinski definition) is 2. The van der Waals surface area contributed by atoms with Crippen LogP contribution in [0.5, 0.6) is 0 Å². The molecular weight excluding hydrogens is 224 g/mol. The van der Waals surface area contributed by atoms with Gasteiger partial charge in [0.15, 0.2) is 0 Å². The molecule has 0 aromatic heterocycles. The van der Waals surface area contributed by atoms with Crippen LogP contribution in [0.4, 0.5) is 0 Å². The second kappa shape index (κ2) is 10.2. The molecule has 0 saturated heterocycles. The first-order valence-electron chi connectivity index (χ1n) is 7.59. The van der Waals surface area contributed by atoms with Gasteiger partial charge >= 0.3 is 5.97 Å². The average Bonchev–Trinajstić information content (AvgIpc) is 2.33. The van der Waals surface area contributed by atoms with Crippen LogP contribution in [0.1, 0.15) is 71.1 Å². The van der Waals surface area contributed by atoms with E-state index in [9.17, 15) is 4.79 Å². The topological polar surface area (TPSA) is 26.3 Å². The fourth-order valence-corrected chi connectivity index (χ4v) is 2.31. The minimum absolute atomic E-state index is 0.0250. The molecule has 0 bridgehead atoms. The second-order valence-electron chi connectivity index (χ2n) is 5.50. The molecule has 1 aliphatic heterocycles. The summed E-state index contributed by atoms with van der Waals surface area (Å²) in [6.07, 6.45) is 16.1. The predicted molar refractivity (Wildman–Crippen MR) is 75.4 cm³/mol. The summed E-state index contributed by atoms with van der Waals surface area (Å²) in [4.78, 5) is 11.5. The third-order valence-electron chi connectivity index (χ3n) is 3.50. The van der Waals surface area contributed by atoms with Gasteiger partial charge in [0.2, 0.25) is 0 Å². The van der Waals surface area contributed by atoms with Crippen molar-refractivity contribution in [1.82, 2.24) is 0 Å². The van der Waals surface area contributed by atoms with Crippen molar-refractivity contribution in [2.75, 3.05) is 6.61 Å². The van der Waals surface area contributed by atoms with E-state index in [1.165, 1.54) is 44.9 Å². The first-order chi connectivity index (χ1) is 8.79. The smallest absolute Gasteiger partial charge is 0.306 e. The molecule has 0 N–H and O–H groups in total. The van der Waals surface area contributed by atoms with Gasteiger partial charge in [-0.15, -0.1) is 0 Å². The zero-order valence-corrected chi connectivity index (χ0v) is 11.8. The van der Waals surface area contributed by atoms with Crippen LogP contribution in [0.3, 0.4) is 0 Å². The number of hydrogen-bond donors (Lipinski definition) is 0. The number of rotatable bonds is 0. The van der Waals surface area contributed by atoms with Crippen LogP contribution in [0.25, 0.3) is 0 Å². The number of allylic oxidation sites excluding steroid dienone is 2. The summed E-state index contributed by atoms with van der Waals surface area (Å²) in [5, 5.41) is 0. The minimum Gasteiger partial charge on any atom is -0.466 e. The van der Waals surface area contributed by atoms with E-state index in [4.69, 9.17) is 4.74 Å². The third kappa shape index (κ3) is 8.32. The van der Waals surface area contributed by atoms with Crippen molar-refractivity contribution in [3.05, 3.63) is 12.2 Å². The third-order valence-corrected chi connectivity index (χ3v) is 3.50. The van der Waals surface area contributed by atoms with Gasteiger partial charge in [0.05, 0.1) is 6.61 Å². The number of cyclic esters (lactones) is 1. The molecule has 0 aromatic carbocycles. The standard InChI is InChI=1S/C16H28O2/c1-15-12-10-8-6-4-2-3-5-7-9-11-13-18-16(17)14-15/h8,10,15H,2-7,9,11-14H2,1H3/b10-8-. The molecule has 0 spiro atoms. The van der Waals surface area contributed by atoms with E-state index >= 15 is 0 Å². The van der Waals surface area contributed by atoms with Gasteiger partial charge in [0.25, 0.3) is 0 Å². The molecule has 0 radical (unpaired) electrons. The maximum Gasteiger partial charge on any atom is 0.306 e. The molecule has 1 aliphatic rings. The van der Waals surface area contributed by atoms with E-state index in [-0.39, 0.29) is 5.97 Å². The van der Waals surface area contributed by atoms with Crippen molar-refractivity contribution in [2.24, 2.45) is 5.92 Å². The molecule has 0 aliphatic carbocycles. The Morgan fingerprint density at radius 1 is 1.00 bits per heavy atom. The summed E-state index contributed by atoms with van der Waals surface area (Å²) in [6, 6.07) is 0. The lowest BCUT2D eigenvalue weighted by atomic mass is 10.0. The Balaban J connectivity index is 2.29. The Morgan fingerprint density at radius 2 is 1.67 bits per heavy atom. The Bertz CT molecular complexity index is 245. The highest BCUT2D eigenvalue weighted by molar-refractivity contribution is 5.69. The molecule has 2 nitrogen and oxygen atoms in total. The fourth-order valence-electron chi connectivity index (χ4n) is 2.31. The summed E-state index contributed by atoms with van der Waals surface area (Å²) in [6.45, 7) is 2.73. The number of esters is 1. The molecule has 2 heteroatoms. The average molecular weight is 252 g/mol. The first kappa shape index (κ1) is 15.3. The molecule has 0 fully saturated rings. The molecule has 1 unspecified atom stereocenters. The lowest BCUT2D eigenvalue weighted by Crippen LogP contribution is -2.10. The van der Waals surface area contributed by atoms with Gasteiger partial charge in [0.1, 0.15) is 0 Å². The van der Waals surface area contributed by atoms with E-state index in [0.29, 0.717) is 18.9 Å². The van der Waals surface area contributed by atoms with Gasteiger partial charge in [-0.05, 0) is 31.6 Å². The van der Waals surface area contributed by atoms with Crippen LogP contribution >= 0.6 is 0 Å². The monoisotopic (exact) mass is 252 g/mol. The first-order valence-corrected chi connectivity index (χ1v) is 7.59. The van der Waals surface area contributed by atoms with Crippen LogP contribution in [-0.4, -0.2) is 12.6 Å². The number of carbonyl (C=O) groups excluding carboxylic acids is 1. The van der Waals surface area contributed by atoms with E-state index in [0.717, 1.165) is 12.8 Å². The highest BCUT2D eigenvalue weighted by Gasteiger charge is 2.08. The van der Waals surface area contributed by atoms with Crippen LogP contribution in [-0.2, 0) is 9.53 Å². The van der Waals surface area contributed by atoms with Crippen LogP contribution < -0.4 is 0 Å². The lowest BCUT2D eigenvalue weighted by Gasteiger charge is -2.09. The van der Waals surface area contributed by atoms with Crippen molar-refractivity contribution in [3.8, 4) is 0 Å². The molecule has 0 aromatic rings. The minimum atomic E-state index is -0.0250. The number of ether oxygens (including phenoxy) is 1. The number of carbonyl (C=O) groups is 1. The van der Waals surface area contributed by atoms with Gasteiger partial charge in [-0.2, -0.15) is 0 Å². The van der Waals surface area contributed by atoms with Crippen molar-refractivity contribution >= 4 is 5.97 Å². The molecule has 1 rings (SSSR count). The van der Waals surface area contributed by atoms with Gasteiger partial charge in [-0.1, -0.05) is 51.2 Å². The Hall–Kier alpha value is -0.790. The molecule has 1 heterocycles. The summed E-state index contributed by atoms with van der Waals surface area (Å²) in [5.41, 5.74) is 0. The Labute approximate surface area is 112 Å². The maximum atomic E-state index is 11.5. The van der Waals surface area contributed by atoms with Crippen molar-refractivity contribution in [3.63, 3.8) is 0 Å². The maximum absolute atomic E-state index is 11.5. The van der Waals surface area contributed by atoms with Crippen molar-refractivity contribution in [1.29, 1.82) is 0 Å². The predicted octanol–water partition coefficient (Wildman–Crippen LogP) is 4.64. The van der Waals surface area contributed by atoms with E-state index in [2.05, 4.69) is 19.1 Å². The quantitative estimate of drug-likeness (QED) is 0.464. The van der Waals surface area contributed by atoms with Gasteiger partial charge in [0, 0.05) is 6.42 Å². The highest BCUT2D eigenvalue weighted by atomic mass is 16.5.